The number of benzene rings is 2. The van der Waals surface area contributed by atoms with Gasteiger partial charge in [-0.2, -0.15) is 10.2 Å². The Bertz CT molecular complexity index is 1550. The summed E-state index contributed by atoms with van der Waals surface area (Å²) in [6, 6.07) is 14.5. The third kappa shape index (κ3) is 7.96. The van der Waals surface area contributed by atoms with Gasteiger partial charge in [0.25, 0.3) is 5.91 Å². The number of ether oxygens (including phenoxy) is 2. The quantitative estimate of drug-likeness (QED) is 0.245. The van der Waals surface area contributed by atoms with E-state index < -0.39 is 5.97 Å². The second-order valence-electron chi connectivity index (χ2n) is 9.01. The Balaban J connectivity index is 1.48. The number of aryl methyl sites for hydroxylation is 1. The molecule has 0 saturated carbocycles. The van der Waals surface area contributed by atoms with E-state index in [1.807, 2.05) is 31.2 Å². The topological polar surface area (TPSA) is 133 Å². The van der Waals surface area contributed by atoms with Crippen LogP contribution in [-0.4, -0.2) is 62.9 Å². The summed E-state index contributed by atoms with van der Waals surface area (Å²) in [5, 5.41) is 23.4. The number of rotatable bonds is 11. The molecule has 11 heteroatoms. The van der Waals surface area contributed by atoms with Gasteiger partial charge in [-0.3, -0.25) is 14.2 Å². The van der Waals surface area contributed by atoms with Gasteiger partial charge in [0, 0.05) is 61.5 Å². The largest absolute Gasteiger partial charge is 0.488 e. The molecular weight excluding hydrogens is 512 g/mol. The van der Waals surface area contributed by atoms with Crippen molar-refractivity contribution in [3.8, 4) is 17.6 Å². The molecule has 0 aliphatic heterocycles. The monoisotopic (exact) mass is 542 g/mol. The van der Waals surface area contributed by atoms with Crippen LogP contribution in [0.1, 0.15) is 38.8 Å². The lowest BCUT2D eigenvalue weighted by Gasteiger charge is -2.15. The van der Waals surface area contributed by atoms with Crippen LogP contribution >= 0.6 is 0 Å². The molecule has 0 unspecified atom stereocenters. The summed E-state index contributed by atoms with van der Waals surface area (Å²) >= 11 is 0. The Morgan fingerprint density at radius 3 is 2.65 bits per heavy atom. The molecule has 40 heavy (non-hydrogen) atoms. The fraction of sp³-hybridized carbons (Fsp3) is 0.241. The number of nitrogens with zero attached hydrogens (tertiary/aromatic N) is 4. The number of carboxylic acids is 1. The molecule has 4 aromatic rings. The van der Waals surface area contributed by atoms with Crippen LogP contribution in [0.5, 0.6) is 5.75 Å². The van der Waals surface area contributed by atoms with E-state index in [0.717, 1.165) is 11.3 Å². The minimum Gasteiger partial charge on any atom is -0.488 e. The summed E-state index contributed by atoms with van der Waals surface area (Å²) in [4.78, 5) is 24.0. The van der Waals surface area contributed by atoms with Crippen LogP contribution in [0.3, 0.4) is 0 Å². The van der Waals surface area contributed by atoms with Gasteiger partial charge in [-0.25, -0.2) is 4.79 Å². The predicted octanol–water partition coefficient (Wildman–Crippen LogP) is 3.49. The molecule has 4 rings (SSSR count). The SMILES string of the molecule is COC[C@H](C)Oc1cc(C#Cc2cccc(NCCn3cc(C(=O)O)cn3)c2)cc(C(=O)Nc2ccn(C)n2)c1. The molecule has 0 saturated heterocycles. The van der Waals surface area contributed by atoms with E-state index >= 15 is 0 Å². The van der Waals surface area contributed by atoms with E-state index in [9.17, 15) is 9.59 Å². The molecule has 206 valence electrons. The maximum Gasteiger partial charge on any atom is 0.338 e. The lowest BCUT2D eigenvalue weighted by Crippen LogP contribution is -2.19. The zero-order valence-corrected chi connectivity index (χ0v) is 22.4. The van der Waals surface area contributed by atoms with Gasteiger partial charge in [-0.05, 0) is 43.3 Å². The van der Waals surface area contributed by atoms with Gasteiger partial charge in [0.15, 0.2) is 5.82 Å². The Morgan fingerprint density at radius 1 is 1.10 bits per heavy atom. The third-order valence-corrected chi connectivity index (χ3v) is 5.63. The van der Waals surface area contributed by atoms with E-state index in [0.29, 0.717) is 42.4 Å². The molecule has 0 fully saturated rings. The number of nitrogens with one attached hydrogen (secondary N) is 2. The Labute approximate surface area is 231 Å². The highest BCUT2D eigenvalue weighted by atomic mass is 16.5. The van der Waals surface area contributed by atoms with Crippen LogP contribution < -0.4 is 15.4 Å². The van der Waals surface area contributed by atoms with E-state index in [1.54, 1.807) is 54.0 Å². The van der Waals surface area contributed by atoms with Crippen LogP contribution in [0.2, 0.25) is 0 Å². The molecule has 1 atom stereocenters. The van der Waals surface area contributed by atoms with E-state index in [4.69, 9.17) is 14.6 Å². The molecule has 2 aromatic heterocycles. The van der Waals surface area contributed by atoms with Crippen LogP contribution in [0.4, 0.5) is 11.5 Å². The average molecular weight is 543 g/mol. The fourth-order valence-electron chi connectivity index (χ4n) is 3.80. The number of aromatic nitrogens is 4. The number of hydrogen-bond donors (Lipinski definition) is 3. The van der Waals surface area contributed by atoms with E-state index in [-0.39, 0.29) is 17.6 Å². The summed E-state index contributed by atoms with van der Waals surface area (Å²) in [6.07, 6.45) is 4.34. The van der Waals surface area contributed by atoms with E-state index in [2.05, 4.69) is 32.7 Å². The van der Waals surface area contributed by atoms with Crippen LogP contribution in [0, 0.1) is 11.8 Å². The first-order chi connectivity index (χ1) is 19.3. The van der Waals surface area contributed by atoms with Crippen molar-refractivity contribution in [3.05, 3.63) is 89.4 Å². The van der Waals surface area contributed by atoms with Crippen molar-refractivity contribution in [2.24, 2.45) is 7.05 Å². The highest BCUT2D eigenvalue weighted by Crippen LogP contribution is 2.20. The molecule has 0 bridgehead atoms. The standard InChI is InChI=1S/C29H30N6O5/c1-20(19-39-3)40-26-15-22(13-23(16-26)28(36)32-27-9-11-34(2)33-27)8-7-21-5-4-6-25(14-21)30-10-12-35-18-24(17-31-35)29(37)38/h4-6,9,11,13-18,20,30H,10,12,19H2,1-3H3,(H,37,38)(H,32,33,36)/t20-/m0/s1. The van der Waals surface area contributed by atoms with Crippen molar-refractivity contribution in [2.45, 2.75) is 19.6 Å². The fourth-order valence-corrected chi connectivity index (χ4v) is 3.80. The maximum atomic E-state index is 13.0. The smallest absolute Gasteiger partial charge is 0.338 e. The van der Waals surface area contributed by atoms with Gasteiger partial charge in [0.05, 0.1) is 24.9 Å². The number of methoxy groups -OCH3 is 1. The van der Waals surface area contributed by atoms with Crippen molar-refractivity contribution in [2.75, 3.05) is 30.9 Å². The van der Waals surface area contributed by atoms with Gasteiger partial charge in [0.1, 0.15) is 11.9 Å². The summed E-state index contributed by atoms with van der Waals surface area (Å²) in [7, 11) is 3.37. The first-order valence-electron chi connectivity index (χ1n) is 12.5. The Kier molecular flexibility index (Phi) is 9.17. The number of amides is 1. The van der Waals surface area contributed by atoms with Gasteiger partial charge in [0.2, 0.25) is 0 Å². The number of anilines is 2. The van der Waals surface area contributed by atoms with Gasteiger partial charge < -0.3 is 25.2 Å². The maximum absolute atomic E-state index is 13.0. The van der Waals surface area contributed by atoms with Crippen LogP contribution in [0.15, 0.2) is 67.1 Å². The van der Waals surface area contributed by atoms with Crippen molar-refractivity contribution in [1.82, 2.24) is 19.6 Å². The highest BCUT2D eigenvalue weighted by Gasteiger charge is 2.13. The van der Waals surface area contributed by atoms with E-state index in [1.165, 1.54) is 12.4 Å². The summed E-state index contributed by atoms with van der Waals surface area (Å²) < 4.78 is 14.3. The number of carboxylic acid groups (broad SMARTS) is 1. The number of hydrogen-bond acceptors (Lipinski definition) is 7. The lowest BCUT2D eigenvalue weighted by atomic mass is 10.1. The molecule has 0 radical (unpaired) electrons. The minimum atomic E-state index is -1.01. The second kappa shape index (κ2) is 13.1. The molecule has 1 amide bonds. The first kappa shape index (κ1) is 27.9. The van der Waals surface area contributed by atoms with Crippen molar-refractivity contribution >= 4 is 23.4 Å². The molecule has 2 aromatic carbocycles. The summed E-state index contributed by atoms with van der Waals surface area (Å²) in [5.41, 5.74) is 2.78. The van der Waals surface area contributed by atoms with Crippen LogP contribution in [0.25, 0.3) is 0 Å². The summed E-state index contributed by atoms with van der Waals surface area (Å²) in [6.45, 7) is 3.32. The van der Waals surface area contributed by atoms with Crippen molar-refractivity contribution in [1.29, 1.82) is 0 Å². The normalized spacial score (nSPS) is 11.3. The average Bonchev–Trinajstić information content (AvgIpc) is 3.57. The third-order valence-electron chi connectivity index (χ3n) is 5.63. The van der Waals surface area contributed by atoms with Gasteiger partial charge >= 0.3 is 5.97 Å². The van der Waals surface area contributed by atoms with Crippen LogP contribution in [-0.2, 0) is 18.3 Å². The number of aromatic carboxylic acids is 1. The first-order valence-corrected chi connectivity index (χ1v) is 12.5. The van der Waals surface area contributed by atoms with Gasteiger partial charge in [-0.1, -0.05) is 17.9 Å². The molecule has 0 aliphatic carbocycles. The Morgan fingerprint density at radius 2 is 1.93 bits per heavy atom. The van der Waals surface area contributed by atoms with Gasteiger partial charge in [-0.15, -0.1) is 0 Å². The molecular formula is C29H30N6O5. The Hall–Kier alpha value is -5.08. The number of carbonyl (C=O) groups is 2. The zero-order chi connectivity index (χ0) is 28.5. The van der Waals surface area contributed by atoms with Crippen molar-refractivity contribution in [3.63, 3.8) is 0 Å². The molecule has 2 heterocycles. The lowest BCUT2D eigenvalue weighted by molar-refractivity contribution is 0.0696. The highest BCUT2D eigenvalue weighted by molar-refractivity contribution is 6.04. The molecule has 3 N–H and O–H groups in total. The molecule has 0 spiro atoms. The number of carbonyl (C=O) groups excluding carboxylic acids is 1. The second-order valence-corrected chi connectivity index (χ2v) is 9.01. The molecule has 0 aliphatic rings. The predicted molar refractivity (Wildman–Crippen MR) is 150 cm³/mol. The summed E-state index contributed by atoms with van der Waals surface area (Å²) in [5.74, 6) is 5.89. The zero-order valence-electron chi connectivity index (χ0n) is 22.4. The molecule has 11 nitrogen and oxygen atoms in total. The minimum absolute atomic E-state index is 0.150. The van der Waals surface area contributed by atoms with Crippen molar-refractivity contribution < 1.29 is 24.2 Å².